The minimum Gasteiger partial charge on any atom is -0.279 e. The van der Waals surface area contributed by atoms with Crippen LogP contribution in [0.4, 0.5) is 5.69 Å². The maximum absolute atomic E-state index is 12.9. The highest BCUT2D eigenvalue weighted by atomic mass is 32.2. The van der Waals surface area contributed by atoms with E-state index < -0.39 is 10.0 Å². The van der Waals surface area contributed by atoms with E-state index in [4.69, 9.17) is 0 Å². The molecule has 0 aliphatic heterocycles. The molecule has 0 saturated heterocycles. The molecular formula is C17H25N3O2S2. The van der Waals surface area contributed by atoms with E-state index >= 15 is 0 Å². The van der Waals surface area contributed by atoms with Crippen LogP contribution in [0.1, 0.15) is 46.4 Å². The summed E-state index contributed by atoms with van der Waals surface area (Å²) in [5.74, 6) is 0. The highest BCUT2D eigenvalue weighted by Crippen LogP contribution is 2.30. The second-order valence-electron chi connectivity index (χ2n) is 7.00. The van der Waals surface area contributed by atoms with Gasteiger partial charge in [-0.2, -0.15) is 5.10 Å². The molecule has 5 nitrogen and oxygen atoms in total. The van der Waals surface area contributed by atoms with Crippen LogP contribution >= 0.6 is 11.8 Å². The van der Waals surface area contributed by atoms with Crippen LogP contribution in [0, 0.1) is 0 Å². The normalized spacial score (nSPS) is 12.6. The Labute approximate surface area is 148 Å². The van der Waals surface area contributed by atoms with E-state index in [1.807, 2.05) is 59.1 Å². The lowest BCUT2D eigenvalue weighted by atomic mass is 9.92. The Morgan fingerprint density at radius 3 is 2.46 bits per heavy atom. The van der Waals surface area contributed by atoms with E-state index in [0.717, 1.165) is 4.90 Å². The first-order valence-electron chi connectivity index (χ1n) is 7.81. The number of hydrogen-bond acceptors (Lipinski definition) is 4. The zero-order valence-electron chi connectivity index (χ0n) is 15.0. The summed E-state index contributed by atoms with van der Waals surface area (Å²) in [5.41, 5.74) is 0.759. The van der Waals surface area contributed by atoms with Crippen LogP contribution in [0.5, 0.6) is 0 Å². The number of thioether (sulfide) groups is 1. The van der Waals surface area contributed by atoms with E-state index in [2.05, 4.69) is 9.82 Å². The van der Waals surface area contributed by atoms with Gasteiger partial charge in [0, 0.05) is 28.2 Å². The minimum absolute atomic E-state index is 0.0925. The summed E-state index contributed by atoms with van der Waals surface area (Å²) in [6.07, 6.45) is 3.57. The summed E-state index contributed by atoms with van der Waals surface area (Å²) >= 11 is 1.57. The molecule has 2 aromatic rings. The summed E-state index contributed by atoms with van der Waals surface area (Å²) in [7, 11) is -3.71. The van der Waals surface area contributed by atoms with Gasteiger partial charge in [-0.15, -0.1) is 11.8 Å². The third-order valence-electron chi connectivity index (χ3n) is 3.55. The molecule has 7 heteroatoms. The first-order valence-corrected chi connectivity index (χ1v) is 10.5. The summed E-state index contributed by atoms with van der Waals surface area (Å²) < 4.78 is 30.2. The van der Waals surface area contributed by atoms with Gasteiger partial charge in [-0.3, -0.25) is 9.40 Å². The molecule has 1 aromatic heterocycles. The number of nitrogens with one attached hydrogen (secondary N) is 1. The van der Waals surface area contributed by atoms with Gasteiger partial charge in [0.05, 0.1) is 5.69 Å². The fourth-order valence-electron chi connectivity index (χ4n) is 2.25. The molecule has 1 heterocycles. The Morgan fingerprint density at radius 1 is 1.25 bits per heavy atom. The molecule has 1 N–H and O–H groups in total. The average Bonchev–Trinajstić information content (AvgIpc) is 2.93. The molecule has 0 atom stereocenters. The quantitative estimate of drug-likeness (QED) is 0.801. The molecule has 1 aromatic carbocycles. The van der Waals surface area contributed by atoms with Gasteiger partial charge < -0.3 is 0 Å². The van der Waals surface area contributed by atoms with Crippen molar-refractivity contribution in [3.8, 4) is 0 Å². The van der Waals surface area contributed by atoms with Gasteiger partial charge in [0.2, 0.25) is 0 Å². The minimum atomic E-state index is -3.71. The van der Waals surface area contributed by atoms with Crippen molar-refractivity contribution in [2.75, 3.05) is 11.0 Å². The van der Waals surface area contributed by atoms with Crippen LogP contribution in [0.3, 0.4) is 0 Å². The second-order valence-corrected chi connectivity index (χ2v) is 9.53. The van der Waals surface area contributed by atoms with Crippen molar-refractivity contribution in [2.24, 2.45) is 0 Å². The lowest BCUT2D eigenvalue weighted by Gasteiger charge is -2.18. The van der Waals surface area contributed by atoms with Gasteiger partial charge in [0.15, 0.2) is 0 Å². The molecule has 24 heavy (non-hydrogen) atoms. The standard InChI is InChI=1S/C17H25N3O2S2/c1-12(2)20-11-15(16(18-20)17(3,4)5)24(21,22)19-13-8-7-9-14(10-13)23-6/h7-12,19H,1-6H3. The van der Waals surface area contributed by atoms with E-state index in [1.54, 1.807) is 28.7 Å². The van der Waals surface area contributed by atoms with Gasteiger partial charge in [-0.1, -0.05) is 26.8 Å². The van der Waals surface area contributed by atoms with E-state index in [1.165, 1.54) is 0 Å². The molecule has 0 fully saturated rings. The van der Waals surface area contributed by atoms with E-state index in [9.17, 15) is 8.42 Å². The Morgan fingerprint density at radius 2 is 1.92 bits per heavy atom. The molecule has 2 rings (SSSR count). The Bertz CT molecular complexity index is 819. The molecule has 0 amide bonds. The zero-order chi connectivity index (χ0) is 18.1. The third kappa shape index (κ3) is 4.13. The van der Waals surface area contributed by atoms with Crippen molar-refractivity contribution < 1.29 is 8.42 Å². The van der Waals surface area contributed by atoms with Crippen molar-refractivity contribution in [2.45, 2.75) is 55.9 Å². The van der Waals surface area contributed by atoms with Crippen LogP contribution in [-0.2, 0) is 15.4 Å². The lowest BCUT2D eigenvalue weighted by molar-refractivity contribution is 0.493. The molecule has 0 unspecified atom stereocenters. The van der Waals surface area contributed by atoms with Crippen LogP contribution in [0.15, 0.2) is 40.3 Å². The predicted molar refractivity (Wildman–Crippen MR) is 100 cm³/mol. The fourth-order valence-corrected chi connectivity index (χ4v) is 4.11. The molecular weight excluding hydrogens is 342 g/mol. The van der Waals surface area contributed by atoms with Crippen LogP contribution < -0.4 is 4.72 Å². The van der Waals surface area contributed by atoms with Gasteiger partial charge in [-0.05, 0) is 38.3 Å². The summed E-state index contributed by atoms with van der Waals surface area (Å²) in [6, 6.07) is 7.45. The van der Waals surface area contributed by atoms with Crippen molar-refractivity contribution in [3.05, 3.63) is 36.2 Å². The van der Waals surface area contributed by atoms with Crippen LogP contribution in [0.25, 0.3) is 0 Å². The Hall–Kier alpha value is -1.47. The maximum atomic E-state index is 12.9. The monoisotopic (exact) mass is 367 g/mol. The maximum Gasteiger partial charge on any atom is 0.265 e. The molecule has 0 aliphatic rings. The highest BCUT2D eigenvalue weighted by molar-refractivity contribution is 7.98. The Kier molecular flexibility index (Phi) is 5.34. The smallest absolute Gasteiger partial charge is 0.265 e. The second kappa shape index (κ2) is 6.80. The van der Waals surface area contributed by atoms with E-state index in [-0.39, 0.29) is 16.4 Å². The number of anilines is 1. The topological polar surface area (TPSA) is 64.0 Å². The number of benzene rings is 1. The summed E-state index contributed by atoms with van der Waals surface area (Å²) in [4.78, 5) is 1.24. The summed E-state index contributed by atoms with van der Waals surface area (Å²) in [5, 5.41) is 4.52. The number of hydrogen-bond donors (Lipinski definition) is 1. The van der Waals surface area contributed by atoms with Crippen molar-refractivity contribution in [1.29, 1.82) is 0 Å². The van der Waals surface area contributed by atoms with Crippen molar-refractivity contribution in [3.63, 3.8) is 0 Å². The molecule has 0 bridgehead atoms. The van der Waals surface area contributed by atoms with Gasteiger partial charge in [0.1, 0.15) is 4.90 Å². The zero-order valence-corrected chi connectivity index (χ0v) is 16.6. The van der Waals surface area contributed by atoms with Crippen LogP contribution in [0.2, 0.25) is 0 Å². The average molecular weight is 368 g/mol. The largest absolute Gasteiger partial charge is 0.279 e. The van der Waals surface area contributed by atoms with Gasteiger partial charge >= 0.3 is 0 Å². The van der Waals surface area contributed by atoms with Crippen LogP contribution in [-0.4, -0.2) is 24.5 Å². The van der Waals surface area contributed by atoms with Gasteiger partial charge in [0.25, 0.3) is 10.0 Å². The molecule has 132 valence electrons. The number of sulfonamides is 1. The Balaban J connectivity index is 2.48. The molecule has 0 radical (unpaired) electrons. The lowest BCUT2D eigenvalue weighted by Crippen LogP contribution is -2.20. The third-order valence-corrected chi connectivity index (χ3v) is 5.66. The fraction of sp³-hybridized carbons (Fsp3) is 0.471. The first kappa shape index (κ1) is 18.9. The van der Waals surface area contributed by atoms with E-state index in [0.29, 0.717) is 11.4 Å². The highest BCUT2D eigenvalue weighted by Gasteiger charge is 2.30. The molecule has 0 aliphatic carbocycles. The number of rotatable bonds is 5. The number of aromatic nitrogens is 2. The number of nitrogens with zero attached hydrogens (tertiary/aromatic N) is 2. The predicted octanol–water partition coefficient (Wildman–Crippen LogP) is 4.28. The molecule has 0 saturated carbocycles. The SMILES string of the molecule is CSc1cccc(NS(=O)(=O)c2cn(C(C)C)nc2C(C)(C)C)c1. The van der Waals surface area contributed by atoms with Crippen molar-refractivity contribution >= 4 is 27.5 Å². The molecule has 0 spiro atoms. The first-order chi connectivity index (χ1) is 11.0. The van der Waals surface area contributed by atoms with Crippen molar-refractivity contribution in [1.82, 2.24) is 9.78 Å². The summed E-state index contributed by atoms with van der Waals surface area (Å²) in [6.45, 7) is 9.85. The van der Waals surface area contributed by atoms with Gasteiger partial charge in [-0.25, -0.2) is 8.42 Å².